The van der Waals surface area contributed by atoms with Crippen LogP contribution in [0.1, 0.15) is 59.9 Å². The standard InChI is InChI=1S/C30H47F3O5Si2/c1-28(2,3)39(7,8)37-22(19-35-21-13-11-12-20(16-21)30(31,32)33)14-15-23-24-17-27(34)36-25(24)18-26(23)38-40(9,10)29(4,5)6/h11-16,22-26H,17-19H2,1-10H3/b15-14+/t22-,23+,24?,25+,26-/m1/s1. The van der Waals surface area contributed by atoms with E-state index in [9.17, 15) is 18.0 Å². The maximum Gasteiger partial charge on any atom is 0.416 e. The van der Waals surface area contributed by atoms with E-state index in [1.54, 1.807) is 0 Å². The molecule has 1 aromatic carbocycles. The first kappa shape index (κ1) is 32.9. The predicted octanol–water partition coefficient (Wildman–Crippen LogP) is 8.37. The summed E-state index contributed by atoms with van der Waals surface area (Å²) in [6.07, 6.45) is -0.131. The number of fused-ring (bicyclic) bond motifs is 1. The highest BCUT2D eigenvalue weighted by molar-refractivity contribution is 6.74. The molecular formula is C30H47F3O5Si2. The first-order chi connectivity index (χ1) is 18.1. The van der Waals surface area contributed by atoms with Crippen LogP contribution in [0.15, 0.2) is 36.4 Å². The maximum absolute atomic E-state index is 13.2. The lowest BCUT2D eigenvalue weighted by Crippen LogP contribution is -2.45. The second-order valence-electron chi connectivity index (χ2n) is 14.3. The Morgan fingerprint density at radius 3 is 2.23 bits per heavy atom. The number of alkyl halides is 3. The summed E-state index contributed by atoms with van der Waals surface area (Å²) < 4.78 is 64.8. The van der Waals surface area contributed by atoms with Gasteiger partial charge in [0.15, 0.2) is 16.6 Å². The molecule has 0 radical (unpaired) electrons. The molecule has 1 saturated carbocycles. The molecule has 0 bridgehead atoms. The molecule has 3 rings (SSSR count). The summed E-state index contributed by atoms with van der Waals surface area (Å²) in [5.41, 5.74) is -0.754. The zero-order valence-corrected chi connectivity index (χ0v) is 27.6. The van der Waals surface area contributed by atoms with Gasteiger partial charge in [-0.2, -0.15) is 13.2 Å². The number of benzene rings is 1. The molecule has 0 spiro atoms. The molecule has 2 fully saturated rings. The van der Waals surface area contributed by atoms with Crippen LogP contribution in [0.3, 0.4) is 0 Å². The molecular weight excluding hydrogens is 553 g/mol. The highest BCUT2D eigenvalue weighted by Gasteiger charge is 2.52. The van der Waals surface area contributed by atoms with Gasteiger partial charge in [0.25, 0.3) is 0 Å². The number of hydrogen-bond donors (Lipinski definition) is 0. The molecule has 1 heterocycles. The first-order valence-corrected chi connectivity index (χ1v) is 20.0. The Labute approximate surface area is 240 Å². The van der Waals surface area contributed by atoms with Crippen molar-refractivity contribution < 1.29 is 36.3 Å². The van der Waals surface area contributed by atoms with Crippen LogP contribution in [0.25, 0.3) is 0 Å². The molecule has 5 nitrogen and oxygen atoms in total. The zero-order chi connectivity index (χ0) is 30.3. The normalized spacial score (nSPS) is 25.3. The minimum absolute atomic E-state index is 0.0245. The van der Waals surface area contributed by atoms with E-state index in [1.165, 1.54) is 12.1 Å². The van der Waals surface area contributed by atoms with Gasteiger partial charge in [0.1, 0.15) is 18.5 Å². The highest BCUT2D eigenvalue weighted by Crippen LogP contribution is 2.47. The van der Waals surface area contributed by atoms with Crippen molar-refractivity contribution in [1.29, 1.82) is 0 Å². The first-order valence-electron chi connectivity index (χ1n) is 14.1. The van der Waals surface area contributed by atoms with Crippen molar-refractivity contribution >= 4 is 22.6 Å². The van der Waals surface area contributed by atoms with Gasteiger partial charge < -0.3 is 18.3 Å². The number of esters is 1. The van der Waals surface area contributed by atoms with Crippen molar-refractivity contribution in [2.24, 2.45) is 11.8 Å². The molecule has 1 aromatic rings. The molecule has 2 aliphatic rings. The Hall–Kier alpha value is -1.63. The summed E-state index contributed by atoms with van der Waals surface area (Å²) >= 11 is 0. The Morgan fingerprint density at radius 2 is 1.65 bits per heavy atom. The van der Waals surface area contributed by atoms with E-state index in [0.29, 0.717) is 12.8 Å². The van der Waals surface area contributed by atoms with E-state index in [-0.39, 0.29) is 52.4 Å². The predicted molar refractivity (Wildman–Crippen MR) is 156 cm³/mol. The monoisotopic (exact) mass is 600 g/mol. The smallest absolute Gasteiger partial charge is 0.416 e. The molecule has 0 amide bonds. The van der Waals surface area contributed by atoms with Crippen LogP contribution >= 0.6 is 0 Å². The molecule has 0 aromatic heterocycles. The molecule has 0 N–H and O–H groups in total. The van der Waals surface area contributed by atoms with E-state index in [4.69, 9.17) is 18.3 Å². The minimum Gasteiger partial charge on any atom is -0.491 e. The molecule has 10 heteroatoms. The van der Waals surface area contributed by atoms with E-state index in [1.807, 2.05) is 6.08 Å². The van der Waals surface area contributed by atoms with Crippen LogP contribution in [-0.2, 0) is 24.6 Å². The Balaban J connectivity index is 1.87. The van der Waals surface area contributed by atoms with Crippen molar-refractivity contribution in [2.45, 2.75) is 115 Å². The summed E-state index contributed by atoms with van der Waals surface area (Å²) in [6.45, 7) is 21.8. The van der Waals surface area contributed by atoms with Gasteiger partial charge in [-0.1, -0.05) is 59.8 Å². The van der Waals surface area contributed by atoms with Gasteiger partial charge in [0.05, 0.1) is 24.2 Å². The molecule has 5 atom stereocenters. The van der Waals surface area contributed by atoms with Crippen LogP contribution in [0.4, 0.5) is 13.2 Å². The van der Waals surface area contributed by atoms with Gasteiger partial charge in [-0.25, -0.2) is 0 Å². The quantitative estimate of drug-likeness (QED) is 0.162. The molecule has 1 unspecified atom stereocenters. The lowest BCUT2D eigenvalue weighted by Gasteiger charge is -2.40. The van der Waals surface area contributed by atoms with Gasteiger partial charge in [-0.15, -0.1) is 0 Å². The second kappa shape index (κ2) is 11.6. The number of ether oxygens (including phenoxy) is 2. The Kier molecular flexibility index (Phi) is 9.51. The fraction of sp³-hybridized carbons (Fsp3) is 0.700. The largest absolute Gasteiger partial charge is 0.491 e. The number of rotatable bonds is 9. The van der Waals surface area contributed by atoms with Crippen LogP contribution in [0, 0.1) is 11.8 Å². The van der Waals surface area contributed by atoms with E-state index in [0.717, 1.165) is 12.1 Å². The zero-order valence-electron chi connectivity index (χ0n) is 25.6. The van der Waals surface area contributed by atoms with Crippen LogP contribution < -0.4 is 4.74 Å². The molecule has 226 valence electrons. The molecule has 1 saturated heterocycles. The van der Waals surface area contributed by atoms with Crippen molar-refractivity contribution in [1.82, 2.24) is 0 Å². The van der Waals surface area contributed by atoms with E-state index >= 15 is 0 Å². The number of carbonyl (C=O) groups excluding carboxylic acids is 1. The summed E-state index contributed by atoms with van der Waals surface area (Å²) in [5.74, 6) is -0.0517. The maximum atomic E-state index is 13.2. The second-order valence-corrected chi connectivity index (χ2v) is 23.8. The summed E-state index contributed by atoms with van der Waals surface area (Å²) in [6, 6.07) is 4.91. The minimum atomic E-state index is -4.45. The van der Waals surface area contributed by atoms with Crippen molar-refractivity contribution in [2.75, 3.05) is 6.61 Å². The van der Waals surface area contributed by atoms with Crippen LogP contribution in [0.2, 0.25) is 36.3 Å². The topological polar surface area (TPSA) is 54.0 Å². The van der Waals surface area contributed by atoms with E-state index in [2.05, 4.69) is 73.8 Å². The fourth-order valence-corrected chi connectivity index (χ4v) is 7.34. The number of hydrogen-bond acceptors (Lipinski definition) is 5. The third-order valence-corrected chi connectivity index (χ3v) is 18.2. The summed E-state index contributed by atoms with van der Waals surface area (Å²) in [4.78, 5) is 12.1. The van der Waals surface area contributed by atoms with E-state index < -0.39 is 34.5 Å². The highest BCUT2D eigenvalue weighted by atomic mass is 28.4. The average Bonchev–Trinajstić information content (AvgIpc) is 3.28. The Morgan fingerprint density at radius 1 is 1.02 bits per heavy atom. The van der Waals surface area contributed by atoms with Gasteiger partial charge in [0, 0.05) is 18.3 Å². The van der Waals surface area contributed by atoms with Crippen molar-refractivity contribution in [3.8, 4) is 5.75 Å². The number of carbonyl (C=O) groups is 1. The Bertz CT molecular complexity index is 1070. The average molecular weight is 601 g/mol. The third kappa shape index (κ3) is 7.80. The number of halogens is 3. The molecule has 40 heavy (non-hydrogen) atoms. The van der Waals surface area contributed by atoms with Crippen LogP contribution in [0.5, 0.6) is 5.75 Å². The van der Waals surface area contributed by atoms with Crippen molar-refractivity contribution in [3.05, 3.63) is 42.0 Å². The summed E-state index contributed by atoms with van der Waals surface area (Å²) in [5, 5.41) is -0.0458. The van der Waals surface area contributed by atoms with Crippen molar-refractivity contribution in [3.63, 3.8) is 0 Å². The van der Waals surface area contributed by atoms with Crippen LogP contribution in [-0.4, -0.2) is 47.5 Å². The molecule has 1 aliphatic carbocycles. The lowest BCUT2D eigenvalue weighted by molar-refractivity contribution is -0.142. The fourth-order valence-electron chi connectivity index (χ4n) is 4.72. The van der Waals surface area contributed by atoms with Gasteiger partial charge in [-0.3, -0.25) is 4.79 Å². The lowest BCUT2D eigenvalue weighted by atomic mass is 9.91. The SMILES string of the molecule is CC(C)(C)[Si](C)(C)O[C@H](/C=C/[C@H]1C2CC(=O)O[C@H]2C[C@H]1O[Si](C)(C)C(C)(C)C)COc1cccc(C(F)(F)F)c1. The van der Waals surface area contributed by atoms with Gasteiger partial charge in [0.2, 0.25) is 0 Å². The molecule has 1 aliphatic heterocycles. The van der Waals surface area contributed by atoms with Gasteiger partial charge in [-0.05, 0) is 54.5 Å². The summed E-state index contributed by atoms with van der Waals surface area (Å²) in [7, 11) is -4.35. The third-order valence-electron chi connectivity index (χ3n) is 9.18. The van der Waals surface area contributed by atoms with Gasteiger partial charge >= 0.3 is 12.1 Å².